The van der Waals surface area contributed by atoms with Gasteiger partial charge in [-0.2, -0.15) is 0 Å². The van der Waals surface area contributed by atoms with E-state index in [0.717, 1.165) is 11.1 Å². The number of carbonyl (C=O) groups is 2. The highest BCUT2D eigenvalue weighted by molar-refractivity contribution is 5.89. The molecule has 6 heteroatoms. The first-order valence-corrected chi connectivity index (χ1v) is 8.12. The number of hydrogen-bond acceptors (Lipinski definition) is 3. The third-order valence-electron chi connectivity index (χ3n) is 3.75. The van der Waals surface area contributed by atoms with Crippen LogP contribution >= 0.6 is 0 Å². The van der Waals surface area contributed by atoms with Crippen LogP contribution in [0, 0.1) is 0 Å². The van der Waals surface area contributed by atoms with Crippen molar-refractivity contribution in [2.75, 3.05) is 18.5 Å². The van der Waals surface area contributed by atoms with Gasteiger partial charge in [-0.15, -0.1) is 0 Å². The molecule has 0 heterocycles. The van der Waals surface area contributed by atoms with Gasteiger partial charge in [0.1, 0.15) is 0 Å². The van der Waals surface area contributed by atoms with Crippen molar-refractivity contribution < 1.29 is 14.7 Å². The second kappa shape index (κ2) is 9.44. The third kappa shape index (κ3) is 6.27. The average molecular weight is 341 g/mol. The van der Waals surface area contributed by atoms with Crippen molar-refractivity contribution in [2.45, 2.75) is 19.4 Å². The van der Waals surface area contributed by atoms with Crippen molar-refractivity contribution in [1.29, 1.82) is 0 Å². The Labute approximate surface area is 147 Å². The summed E-state index contributed by atoms with van der Waals surface area (Å²) >= 11 is 0. The van der Waals surface area contributed by atoms with E-state index in [4.69, 9.17) is 0 Å². The van der Waals surface area contributed by atoms with Crippen LogP contribution in [-0.4, -0.2) is 30.2 Å². The Morgan fingerprint density at radius 2 is 1.68 bits per heavy atom. The summed E-state index contributed by atoms with van der Waals surface area (Å²) < 4.78 is 0. The fourth-order valence-electron chi connectivity index (χ4n) is 2.34. The molecule has 4 N–H and O–H groups in total. The third-order valence-corrected chi connectivity index (χ3v) is 3.75. The van der Waals surface area contributed by atoms with Crippen LogP contribution in [0.25, 0.3) is 0 Å². The van der Waals surface area contributed by atoms with Crippen LogP contribution in [0.5, 0.6) is 0 Å². The molecule has 0 radical (unpaired) electrons. The summed E-state index contributed by atoms with van der Waals surface area (Å²) in [6.07, 6.45) is 0. The molecule has 0 saturated carbocycles. The summed E-state index contributed by atoms with van der Waals surface area (Å²) in [5.41, 5.74) is 2.59. The lowest BCUT2D eigenvalue weighted by Crippen LogP contribution is -2.33. The lowest BCUT2D eigenvalue weighted by Gasteiger charge is -2.16. The lowest BCUT2D eigenvalue weighted by atomic mass is 10.0. The highest BCUT2D eigenvalue weighted by Crippen LogP contribution is 2.14. The van der Waals surface area contributed by atoms with Gasteiger partial charge in [-0.25, -0.2) is 4.79 Å². The Kier molecular flexibility index (Phi) is 6.98. The van der Waals surface area contributed by atoms with E-state index < -0.39 is 0 Å². The molecular weight excluding hydrogens is 318 g/mol. The van der Waals surface area contributed by atoms with Crippen LogP contribution in [0.3, 0.4) is 0 Å². The molecule has 0 fully saturated rings. The molecule has 2 aromatic rings. The van der Waals surface area contributed by atoms with Crippen LogP contribution in [0.2, 0.25) is 0 Å². The number of nitrogens with one attached hydrogen (secondary N) is 3. The van der Waals surface area contributed by atoms with Crippen LogP contribution < -0.4 is 16.0 Å². The number of rotatable bonds is 7. The van der Waals surface area contributed by atoms with Crippen LogP contribution in [0.15, 0.2) is 54.6 Å². The monoisotopic (exact) mass is 341 g/mol. The number of benzene rings is 2. The van der Waals surface area contributed by atoms with Crippen molar-refractivity contribution in [3.05, 3.63) is 65.7 Å². The molecule has 0 aromatic heterocycles. The van der Waals surface area contributed by atoms with Crippen LogP contribution in [0.4, 0.5) is 10.5 Å². The van der Waals surface area contributed by atoms with E-state index in [1.54, 1.807) is 12.1 Å². The molecule has 2 aromatic carbocycles. The fourth-order valence-corrected chi connectivity index (χ4v) is 2.34. The first-order valence-electron chi connectivity index (χ1n) is 8.12. The Hall–Kier alpha value is -2.86. The van der Waals surface area contributed by atoms with Gasteiger partial charge in [-0.1, -0.05) is 42.5 Å². The zero-order valence-corrected chi connectivity index (χ0v) is 14.2. The molecule has 25 heavy (non-hydrogen) atoms. The highest BCUT2D eigenvalue weighted by atomic mass is 16.3. The molecule has 0 spiro atoms. The first-order chi connectivity index (χ1) is 12.1. The second-order valence-electron chi connectivity index (χ2n) is 5.73. The van der Waals surface area contributed by atoms with Gasteiger partial charge in [-0.05, 0) is 23.3 Å². The van der Waals surface area contributed by atoms with Gasteiger partial charge in [0.25, 0.3) is 0 Å². The summed E-state index contributed by atoms with van der Waals surface area (Å²) in [7, 11) is 0. The van der Waals surface area contributed by atoms with Gasteiger partial charge in [0.05, 0.1) is 6.61 Å². The summed E-state index contributed by atoms with van der Waals surface area (Å²) in [5, 5.41) is 17.7. The van der Waals surface area contributed by atoms with E-state index in [0.29, 0.717) is 18.8 Å². The maximum Gasteiger partial charge on any atom is 0.319 e. The highest BCUT2D eigenvalue weighted by Gasteiger charge is 2.11. The van der Waals surface area contributed by atoms with Crippen molar-refractivity contribution in [3.8, 4) is 0 Å². The van der Waals surface area contributed by atoms with Crippen molar-refractivity contribution in [3.63, 3.8) is 0 Å². The molecular formula is C19H23N3O3. The van der Waals surface area contributed by atoms with Crippen molar-refractivity contribution in [1.82, 2.24) is 10.6 Å². The molecule has 1 unspecified atom stereocenters. The normalized spacial score (nSPS) is 11.4. The molecule has 0 aliphatic carbocycles. The predicted octanol–water partition coefficient (Wildman–Crippen LogP) is 2.22. The number of hydrogen-bond donors (Lipinski definition) is 4. The topological polar surface area (TPSA) is 90.5 Å². The zero-order valence-electron chi connectivity index (χ0n) is 14.2. The minimum Gasteiger partial charge on any atom is -0.396 e. The summed E-state index contributed by atoms with van der Waals surface area (Å²) in [6, 6.07) is 16.5. The van der Waals surface area contributed by atoms with Gasteiger partial charge >= 0.3 is 6.03 Å². The van der Waals surface area contributed by atoms with E-state index >= 15 is 0 Å². The van der Waals surface area contributed by atoms with Gasteiger partial charge in [0.15, 0.2) is 0 Å². The molecule has 3 amide bonds. The molecule has 2 rings (SSSR count). The summed E-state index contributed by atoms with van der Waals surface area (Å²) in [6.45, 7) is 2.22. The van der Waals surface area contributed by atoms with E-state index in [1.165, 1.54) is 6.92 Å². The molecule has 6 nitrogen and oxygen atoms in total. The van der Waals surface area contributed by atoms with Gasteiger partial charge in [0, 0.05) is 31.6 Å². The smallest absolute Gasteiger partial charge is 0.319 e. The van der Waals surface area contributed by atoms with E-state index in [2.05, 4.69) is 16.0 Å². The molecule has 0 saturated heterocycles. The zero-order chi connectivity index (χ0) is 18.1. The van der Waals surface area contributed by atoms with Gasteiger partial charge in [-0.3, -0.25) is 4.79 Å². The van der Waals surface area contributed by atoms with E-state index in [-0.39, 0.29) is 24.5 Å². The number of urea groups is 1. The van der Waals surface area contributed by atoms with Crippen molar-refractivity contribution >= 4 is 17.6 Å². The molecule has 132 valence electrons. The second-order valence-corrected chi connectivity index (χ2v) is 5.73. The van der Waals surface area contributed by atoms with Gasteiger partial charge < -0.3 is 21.1 Å². The lowest BCUT2D eigenvalue weighted by molar-refractivity contribution is -0.119. The minimum absolute atomic E-state index is 0.0395. The number of anilines is 1. The summed E-state index contributed by atoms with van der Waals surface area (Å²) in [5.74, 6) is -0.231. The average Bonchev–Trinajstić information content (AvgIpc) is 2.62. The molecule has 0 bridgehead atoms. The molecule has 1 atom stereocenters. The SMILES string of the molecule is CC(=O)NCc1ccc(NC(=O)NCC(CO)c2ccccc2)cc1. The Morgan fingerprint density at radius 1 is 1.00 bits per heavy atom. The van der Waals surface area contributed by atoms with Crippen LogP contribution in [-0.2, 0) is 11.3 Å². The first kappa shape index (κ1) is 18.5. The standard InChI is InChI=1S/C19H23N3O3/c1-14(24)20-11-15-7-9-18(10-8-15)22-19(25)21-12-17(13-23)16-5-3-2-4-6-16/h2-10,17,23H,11-13H2,1H3,(H,20,24)(H2,21,22,25). The fraction of sp³-hybridized carbons (Fsp3) is 0.263. The maximum atomic E-state index is 12.0. The quantitative estimate of drug-likeness (QED) is 0.622. The predicted molar refractivity (Wildman–Crippen MR) is 97.3 cm³/mol. The van der Waals surface area contributed by atoms with E-state index in [9.17, 15) is 14.7 Å². The Bertz CT molecular complexity index is 687. The Balaban J connectivity index is 1.82. The van der Waals surface area contributed by atoms with E-state index in [1.807, 2.05) is 42.5 Å². The number of aliphatic hydroxyl groups is 1. The minimum atomic E-state index is -0.330. The maximum absolute atomic E-state index is 12.0. The number of aliphatic hydroxyl groups excluding tert-OH is 1. The van der Waals surface area contributed by atoms with Gasteiger partial charge in [0.2, 0.25) is 5.91 Å². The largest absolute Gasteiger partial charge is 0.396 e. The summed E-state index contributed by atoms with van der Waals surface area (Å²) in [4.78, 5) is 22.9. The Morgan fingerprint density at radius 3 is 2.28 bits per heavy atom. The molecule has 0 aliphatic rings. The number of carbonyl (C=O) groups excluding carboxylic acids is 2. The van der Waals surface area contributed by atoms with Crippen LogP contribution in [0.1, 0.15) is 24.0 Å². The molecule has 0 aliphatic heterocycles. The van der Waals surface area contributed by atoms with Crippen molar-refractivity contribution in [2.24, 2.45) is 0 Å². The number of amides is 3.